The van der Waals surface area contributed by atoms with Crippen LogP contribution in [0.3, 0.4) is 0 Å². The molecule has 18 heteroatoms. The Morgan fingerprint density at radius 1 is 0.523 bits per heavy atom. The van der Waals surface area contributed by atoms with Gasteiger partial charge >= 0.3 is 0 Å². The summed E-state index contributed by atoms with van der Waals surface area (Å²) in [5, 5.41) is 0. The molecule has 0 heterocycles. The van der Waals surface area contributed by atoms with Gasteiger partial charge in [0.25, 0.3) is 30.4 Å². The fourth-order valence-electron chi connectivity index (χ4n) is 3.76. The zero-order valence-corrected chi connectivity index (χ0v) is 28.9. The predicted molar refractivity (Wildman–Crippen MR) is 164 cm³/mol. The molecular weight excluding hydrogens is 648 g/mol. The van der Waals surface area contributed by atoms with Crippen LogP contribution in [-0.2, 0) is 58.8 Å². The molecule has 0 aliphatic heterocycles. The highest BCUT2D eigenvalue weighted by Crippen LogP contribution is 2.20. The second kappa shape index (κ2) is 22.9. The highest BCUT2D eigenvalue weighted by Gasteiger charge is 2.28. The summed E-state index contributed by atoms with van der Waals surface area (Å²) in [4.78, 5) is 0. The van der Waals surface area contributed by atoms with Crippen molar-refractivity contribution < 1.29 is 67.3 Å². The summed E-state index contributed by atoms with van der Waals surface area (Å²) in [7, 11) is -12.2. The average Bonchev–Trinajstić information content (AvgIpc) is 2.91. The van der Waals surface area contributed by atoms with Crippen molar-refractivity contribution in [3.8, 4) is 0 Å². The van der Waals surface area contributed by atoms with E-state index in [1.807, 2.05) is 27.7 Å². The van der Waals surface area contributed by atoms with Gasteiger partial charge in [0.05, 0.1) is 75.2 Å². The van der Waals surface area contributed by atoms with Crippen molar-refractivity contribution in [2.45, 2.75) is 84.5 Å². The predicted octanol–water partition coefficient (Wildman–Crippen LogP) is 2.26. The molecule has 266 valence electrons. The van der Waals surface area contributed by atoms with E-state index in [1.54, 1.807) is 0 Å². The summed E-state index contributed by atoms with van der Waals surface area (Å²) < 4.78 is 127. The minimum Gasteiger partial charge on any atom is -0.378 e. The van der Waals surface area contributed by atoms with Gasteiger partial charge in [-0.25, -0.2) is 0 Å². The molecular formula is C26H54O15S3. The van der Waals surface area contributed by atoms with Gasteiger partial charge in [-0.15, -0.1) is 0 Å². The first kappa shape index (κ1) is 43.5. The first-order chi connectivity index (χ1) is 20.4. The van der Waals surface area contributed by atoms with Gasteiger partial charge in [-0.05, 0) is 38.5 Å². The Hall–Kier alpha value is -0.510. The number of ether oxygens (including phenoxy) is 6. The number of rotatable bonds is 30. The highest BCUT2D eigenvalue weighted by molar-refractivity contribution is 7.86. The Labute approximate surface area is 263 Å². The van der Waals surface area contributed by atoms with E-state index >= 15 is 0 Å². The van der Waals surface area contributed by atoms with Crippen molar-refractivity contribution in [1.29, 1.82) is 0 Å². The van der Waals surface area contributed by atoms with Gasteiger partial charge in [-0.3, -0.25) is 13.7 Å². The van der Waals surface area contributed by atoms with Crippen LogP contribution in [0.2, 0.25) is 0 Å². The zero-order chi connectivity index (χ0) is 33.7. The first-order valence-electron chi connectivity index (χ1n) is 14.9. The molecule has 44 heavy (non-hydrogen) atoms. The largest absolute Gasteiger partial charge is 0.378 e. The lowest BCUT2D eigenvalue weighted by Crippen LogP contribution is -2.37. The maximum Gasteiger partial charge on any atom is 0.264 e. The topological polar surface area (TPSA) is 218 Å². The smallest absolute Gasteiger partial charge is 0.264 e. The molecule has 0 aliphatic rings. The maximum atomic E-state index is 10.9. The average molecular weight is 703 g/mol. The van der Waals surface area contributed by atoms with Crippen LogP contribution in [0.1, 0.15) is 66.2 Å². The molecule has 0 rings (SSSR count). The van der Waals surface area contributed by atoms with E-state index in [0.717, 1.165) is 0 Å². The minimum atomic E-state index is -4.05. The third-order valence-corrected chi connectivity index (χ3v) is 8.74. The summed E-state index contributed by atoms with van der Waals surface area (Å²) in [6.45, 7) is 9.49. The van der Waals surface area contributed by atoms with Crippen LogP contribution < -0.4 is 0 Å². The molecule has 0 aliphatic carbocycles. The van der Waals surface area contributed by atoms with Crippen molar-refractivity contribution in [3.63, 3.8) is 0 Å². The third kappa shape index (κ3) is 26.7. The summed E-state index contributed by atoms with van der Waals surface area (Å²) in [5.41, 5.74) is -0.615. The van der Waals surface area contributed by atoms with Gasteiger partial charge in [-0.2, -0.15) is 25.3 Å². The molecule has 0 aromatic heterocycles. The molecule has 0 fully saturated rings. The van der Waals surface area contributed by atoms with Crippen molar-refractivity contribution in [2.24, 2.45) is 5.41 Å². The third-order valence-electron chi connectivity index (χ3n) is 6.33. The lowest BCUT2D eigenvalue weighted by Gasteiger charge is -2.31. The fraction of sp³-hybridized carbons (Fsp3) is 1.00. The van der Waals surface area contributed by atoms with Crippen molar-refractivity contribution in [1.82, 2.24) is 0 Å². The Morgan fingerprint density at radius 2 is 0.773 bits per heavy atom. The van der Waals surface area contributed by atoms with Crippen LogP contribution >= 0.6 is 0 Å². The summed E-state index contributed by atoms with van der Waals surface area (Å²) >= 11 is 0. The van der Waals surface area contributed by atoms with E-state index in [-0.39, 0.29) is 114 Å². The van der Waals surface area contributed by atoms with E-state index in [0.29, 0.717) is 19.3 Å². The Balaban J connectivity index is 5.00. The van der Waals surface area contributed by atoms with Crippen molar-refractivity contribution in [2.75, 3.05) is 76.7 Å². The van der Waals surface area contributed by atoms with Gasteiger partial charge in [0.15, 0.2) is 0 Å². The van der Waals surface area contributed by atoms with Crippen LogP contribution in [0.25, 0.3) is 0 Å². The molecule has 0 saturated carbocycles. The van der Waals surface area contributed by atoms with E-state index in [1.165, 1.54) is 0 Å². The minimum absolute atomic E-state index is 0.149. The molecule has 0 aromatic carbocycles. The monoisotopic (exact) mass is 702 g/mol. The van der Waals surface area contributed by atoms with Crippen molar-refractivity contribution in [3.05, 3.63) is 0 Å². The van der Waals surface area contributed by atoms with Crippen LogP contribution in [0.4, 0.5) is 0 Å². The van der Waals surface area contributed by atoms with E-state index in [9.17, 15) is 25.3 Å². The normalized spacial score (nSPS) is 16.4. The van der Waals surface area contributed by atoms with Crippen molar-refractivity contribution >= 4 is 30.4 Å². The van der Waals surface area contributed by atoms with Gasteiger partial charge in [0, 0.05) is 25.2 Å². The number of hydrogen-bond acceptors (Lipinski definition) is 12. The van der Waals surface area contributed by atoms with Gasteiger partial charge < -0.3 is 28.4 Å². The zero-order valence-electron chi connectivity index (χ0n) is 26.4. The first-order valence-corrected chi connectivity index (χ1v) is 19.7. The molecule has 3 unspecified atom stereocenters. The molecule has 15 nitrogen and oxygen atoms in total. The molecule has 0 radical (unpaired) electrons. The molecule has 3 N–H and O–H groups in total. The lowest BCUT2D eigenvalue weighted by atomic mass is 9.94. The summed E-state index contributed by atoms with van der Waals surface area (Å²) in [6, 6.07) is 0. The Bertz CT molecular complexity index is 917. The molecule has 0 bridgehead atoms. The van der Waals surface area contributed by atoms with E-state index in [4.69, 9.17) is 42.1 Å². The molecule has 0 amide bonds. The second-order valence-electron chi connectivity index (χ2n) is 11.0. The molecule has 0 spiro atoms. The van der Waals surface area contributed by atoms with Gasteiger partial charge in [0.2, 0.25) is 0 Å². The van der Waals surface area contributed by atoms with E-state index in [2.05, 4.69) is 0 Å². The highest BCUT2D eigenvalue weighted by atomic mass is 32.2. The SMILES string of the molecule is CCC(COCC(C)(COCC(CC)OCCCS(=O)(=O)O)COCC(CC)OCCCS(=O)(=O)O)OCCCS(=O)(=O)O. The maximum absolute atomic E-state index is 10.9. The second-order valence-corrected chi connectivity index (χ2v) is 15.7. The summed E-state index contributed by atoms with van der Waals surface area (Å²) in [6.07, 6.45) is 1.46. The van der Waals surface area contributed by atoms with Gasteiger partial charge in [0.1, 0.15) is 0 Å². The van der Waals surface area contributed by atoms with Crippen LogP contribution in [-0.4, -0.2) is 134 Å². The molecule has 0 saturated heterocycles. The quantitative estimate of drug-likeness (QED) is 0.0722. The summed E-state index contributed by atoms with van der Waals surface area (Å²) in [5.74, 6) is -1.16. The Morgan fingerprint density at radius 3 is 0.977 bits per heavy atom. The molecule has 3 atom stereocenters. The van der Waals surface area contributed by atoms with Crippen LogP contribution in [0.15, 0.2) is 0 Å². The van der Waals surface area contributed by atoms with Crippen LogP contribution in [0, 0.1) is 5.41 Å². The lowest BCUT2D eigenvalue weighted by molar-refractivity contribution is -0.106. The standard InChI is InChI=1S/C26H54O15S3/c1-5-23(39-11-8-14-42(27,28)29)17-36-20-26(4,21-37-18-24(6-2)40-12-9-15-43(30,31)32)22-38-19-25(7-3)41-13-10-16-44(33,34)35/h23-25H,5-22H2,1-4H3,(H,27,28,29)(H,30,31,32)(H,33,34,35). The molecule has 0 aromatic rings. The Kier molecular flexibility index (Phi) is 22.7. The van der Waals surface area contributed by atoms with Crippen LogP contribution in [0.5, 0.6) is 0 Å². The number of hydrogen-bond donors (Lipinski definition) is 3. The van der Waals surface area contributed by atoms with E-state index < -0.39 is 35.8 Å². The van der Waals surface area contributed by atoms with Gasteiger partial charge in [-0.1, -0.05) is 27.7 Å². The fourth-order valence-corrected chi connectivity index (χ4v) is 5.21.